The fraction of sp³-hybridized carbons (Fsp3) is 0.800. The van der Waals surface area contributed by atoms with E-state index in [2.05, 4.69) is 0 Å². The van der Waals surface area contributed by atoms with Crippen LogP contribution in [0.4, 0.5) is 0 Å². The Bertz CT molecular complexity index is 408. The second-order valence-corrected chi connectivity index (χ2v) is 4.84. The standard InChI is InChI=1S/C10H14N2O6/c1-9(5-3-7(13)17-9)11(15)12(16)10(2)6-4-8(14)18-10/h3-6H2,1-2H3/b12-11+. The van der Waals surface area contributed by atoms with Crippen molar-refractivity contribution in [1.82, 2.24) is 0 Å². The van der Waals surface area contributed by atoms with Crippen molar-refractivity contribution < 1.29 is 28.8 Å². The Hall–Kier alpha value is -1.86. The van der Waals surface area contributed by atoms with Crippen LogP contribution < -0.4 is 0 Å². The minimum Gasteiger partial charge on any atom is -0.563 e. The maximum absolute atomic E-state index is 12.0. The minimum absolute atomic E-state index is 0.0382. The summed E-state index contributed by atoms with van der Waals surface area (Å²) in [4.78, 5) is 22.2. The molecule has 2 heterocycles. The Labute approximate surface area is 103 Å². The van der Waals surface area contributed by atoms with Crippen LogP contribution >= 0.6 is 0 Å². The normalized spacial score (nSPS) is 37.2. The van der Waals surface area contributed by atoms with E-state index in [4.69, 9.17) is 9.47 Å². The molecule has 2 unspecified atom stereocenters. The van der Waals surface area contributed by atoms with E-state index in [1.54, 1.807) is 0 Å². The van der Waals surface area contributed by atoms with Gasteiger partial charge < -0.3 is 19.9 Å². The van der Waals surface area contributed by atoms with Gasteiger partial charge in [-0.25, -0.2) is 0 Å². The third-order valence-corrected chi connectivity index (χ3v) is 3.23. The molecule has 100 valence electrons. The molecule has 2 aliphatic heterocycles. The predicted molar refractivity (Wildman–Crippen MR) is 54.7 cm³/mol. The number of esters is 2. The highest BCUT2D eigenvalue weighted by atomic mass is 16.7. The van der Waals surface area contributed by atoms with Gasteiger partial charge >= 0.3 is 23.4 Å². The molecule has 0 spiro atoms. The summed E-state index contributed by atoms with van der Waals surface area (Å²) < 4.78 is 9.71. The summed E-state index contributed by atoms with van der Waals surface area (Å²) in [6.07, 6.45) is 0.412. The van der Waals surface area contributed by atoms with E-state index in [1.807, 2.05) is 0 Å². The number of azo groups is 1. The van der Waals surface area contributed by atoms with Crippen molar-refractivity contribution in [2.45, 2.75) is 51.0 Å². The highest BCUT2D eigenvalue weighted by Crippen LogP contribution is 2.31. The maximum atomic E-state index is 12.0. The van der Waals surface area contributed by atoms with Gasteiger partial charge in [0.15, 0.2) is 0 Å². The molecule has 0 bridgehead atoms. The smallest absolute Gasteiger partial charge is 0.377 e. The molecule has 2 fully saturated rings. The predicted octanol–water partition coefficient (Wildman–Crippen LogP) is 0.566. The molecule has 0 amide bonds. The molecule has 0 aromatic carbocycles. The Morgan fingerprint density at radius 1 is 0.944 bits per heavy atom. The fourth-order valence-electron chi connectivity index (χ4n) is 2.02. The van der Waals surface area contributed by atoms with Crippen molar-refractivity contribution >= 4 is 11.9 Å². The van der Waals surface area contributed by atoms with Crippen molar-refractivity contribution in [3.05, 3.63) is 10.4 Å². The van der Waals surface area contributed by atoms with Gasteiger partial charge in [0.1, 0.15) is 0 Å². The van der Waals surface area contributed by atoms with Gasteiger partial charge in [-0.15, -0.1) is 0 Å². The van der Waals surface area contributed by atoms with Crippen LogP contribution in [-0.4, -0.2) is 33.1 Å². The molecule has 0 aromatic heterocycles. The summed E-state index contributed by atoms with van der Waals surface area (Å²) >= 11 is 0. The van der Waals surface area contributed by atoms with Gasteiger partial charge in [-0.2, -0.15) is 0 Å². The van der Waals surface area contributed by atoms with E-state index in [0.29, 0.717) is 0 Å². The number of ether oxygens (including phenoxy) is 2. The largest absolute Gasteiger partial charge is 0.563 e. The molecule has 0 saturated carbocycles. The second-order valence-electron chi connectivity index (χ2n) is 4.84. The Morgan fingerprint density at radius 2 is 1.28 bits per heavy atom. The van der Waals surface area contributed by atoms with Gasteiger partial charge in [-0.3, -0.25) is 9.59 Å². The van der Waals surface area contributed by atoms with Crippen LogP contribution in [0.2, 0.25) is 0 Å². The average molecular weight is 258 g/mol. The zero-order valence-electron chi connectivity index (χ0n) is 10.2. The first-order valence-corrected chi connectivity index (χ1v) is 5.65. The molecule has 2 saturated heterocycles. The molecule has 0 radical (unpaired) electrons. The molecule has 2 atom stereocenters. The van der Waals surface area contributed by atoms with Crippen molar-refractivity contribution in [3.63, 3.8) is 0 Å². The zero-order chi connectivity index (χ0) is 13.6. The highest BCUT2D eigenvalue weighted by molar-refractivity contribution is 5.72. The lowest BCUT2D eigenvalue weighted by Crippen LogP contribution is -2.47. The first-order valence-electron chi connectivity index (χ1n) is 5.65. The summed E-state index contributed by atoms with van der Waals surface area (Å²) in [5.74, 6) is -1.05. The lowest BCUT2D eigenvalue weighted by Gasteiger charge is -2.22. The molecule has 0 aromatic rings. The van der Waals surface area contributed by atoms with Crippen molar-refractivity contribution in [3.8, 4) is 0 Å². The quantitative estimate of drug-likeness (QED) is 0.310. The molecular weight excluding hydrogens is 244 g/mol. The molecule has 18 heavy (non-hydrogen) atoms. The topological polar surface area (TPSA) is 105 Å². The van der Waals surface area contributed by atoms with E-state index < -0.39 is 23.4 Å². The number of carbonyl (C=O) groups is 2. The number of hydrogen-bond acceptors (Lipinski definition) is 6. The van der Waals surface area contributed by atoms with Crippen LogP contribution in [0.1, 0.15) is 39.5 Å². The lowest BCUT2D eigenvalue weighted by atomic mass is 10.1. The summed E-state index contributed by atoms with van der Waals surface area (Å²) in [6, 6.07) is 0. The van der Waals surface area contributed by atoms with Crippen LogP contribution in [0.5, 0.6) is 0 Å². The zero-order valence-corrected chi connectivity index (χ0v) is 10.2. The molecule has 0 N–H and O–H groups in total. The van der Waals surface area contributed by atoms with E-state index in [0.717, 1.165) is 0 Å². The Morgan fingerprint density at radius 3 is 1.50 bits per heavy atom. The summed E-state index contributed by atoms with van der Waals surface area (Å²) in [7, 11) is 0. The lowest BCUT2D eigenvalue weighted by molar-refractivity contribution is -1.04. The minimum atomic E-state index is -1.53. The summed E-state index contributed by atoms with van der Waals surface area (Å²) in [6.45, 7) is 2.71. The van der Waals surface area contributed by atoms with Gasteiger partial charge in [0.05, 0.1) is 35.4 Å². The van der Waals surface area contributed by atoms with Crippen LogP contribution in [0.3, 0.4) is 0 Å². The Kier molecular flexibility index (Phi) is 2.67. The molecule has 8 heteroatoms. The summed E-state index contributed by atoms with van der Waals surface area (Å²) in [5.41, 5.74) is -3.06. The molecule has 0 aliphatic carbocycles. The SMILES string of the molecule is CC1(/[N+]([O-])=[N+](\[O-])C2(C)CCC(=O)O2)CCC(=O)O1. The van der Waals surface area contributed by atoms with E-state index in [-0.39, 0.29) is 35.4 Å². The second kappa shape index (κ2) is 3.82. The monoisotopic (exact) mass is 258 g/mol. The molecule has 8 nitrogen and oxygen atoms in total. The number of carbonyl (C=O) groups excluding carboxylic acids is 2. The molecular formula is C10H14N2O6. The van der Waals surface area contributed by atoms with Crippen LogP contribution in [0, 0.1) is 10.4 Å². The van der Waals surface area contributed by atoms with Crippen LogP contribution in [0.25, 0.3) is 0 Å². The maximum Gasteiger partial charge on any atom is 0.377 e. The Balaban J connectivity index is 2.30. The van der Waals surface area contributed by atoms with Crippen molar-refractivity contribution in [2.75, 3.05) is 0 Å². The molecule has 2 rings (SSSR count). The van der Waals surface area contributed by atoms with Crippen molar-refractivity contribution in [2.24, 2.45) is 0 Å². The van der Waals surface area contributed by atoms with Gasteiger partial charge in [0, 0.05) is 13.8 Å². The first kappa shape index (κ1) is 12.6. The highest BCUT2D eigenvalue weighted by Gasteiger charge is 2.55. The number of hydrogen-bond donors (Lipinski definition) is 0. The van der Waals surface area contributed by atoms with Gasteiger partial charge in [0.25, 0.3) is 0 Å². The fourth-order valence-corrected chi connectivity index (χ4v) is 2.02. The van der Waals surface area contributed by atoms with E-state index >= 15 is 0 Å². The number of hydroxylamine groups is 2. The third-order valence-electron chi connectivity index (χ3n) is 3.23. The average Bonchev–Trinajstić information content (AvgIpc) is 2.82. The first-order chi connectivity index (χ1) is 8.27. The molecule has 2 aliphatic rings. The van der Waals surface area contributed by atoms with Gasteiger partial charge in [-0.1, -0.05) is 0 Å². The number of rotatable bonds is 2. The van der Waals surface area contributed by atoms with E-state index in [9.17, 15) is 20.0 Å². The van der Waals surface area contributed by atoms with Gasteiger partial charge in [-0.05, 0) is 0 Å². The summed E-state index contributed by atoms with van der Waals surface area (Å²) in [5, 5.41) is 23.9. The van der Waals surface area contributed by atoms with Gasteiger partial charge in [0.2, 0.25) is 0 Å². The van der Waals surface area contributed by atoms with Crippen molar-refractivity contribution in [1.29, 1.82) is 0 Å². The van der Waals surface area contributed by atoms with Crippen LogP contribution in [-0.2, 0) is 19.1 Å². The third kappa shape index (κ3) is 1.87. The number of cyclic esters (lactones) is 2. The van der Waals surface area contributed by atoms with E-state index in [1.165, 1.54) is 13.8 Å². The number of nitrogens with zero attached hydrogens (tertiary/aromatic N) is 2. The van der Waals surface area contributed by atoms with Crippen LogP contribution in [0.15, 0.2) is 0 Å².